The van der Waals surface area contributed by atoms with Crippen molar-refractivity contribution in [2.45, 2.75) is 40.3 Å². The van der Waals surface area contributed by atoms with Gasteiger partial charge < -0.3 is 9.15 Å². The van der Waals surface area contributed by atoms with Gasteiger partial charge in [0.05, 0.1) is 24.5 Å². The predicted molar refractivity (Wildman–Crippen MR) is 77.0 cm³/mol. The number of oxazole rings is 1. The van der Waals surface area contributed by atoms with Crippen LogP contribution in [0.15, 0.2) is 10.7 Å². The molecule has 0 radical (unpaired) electrons. The number of aryl methyl sites for hydroxylation is 2. The molecule has 0 N–H and O–H groups in total. The molecule has 3 rings (SSSR count). The van der Waals surface area contributed by atoms with Crippen molar-refractivity contribution in [2.75, 3.05) is 13.2 Å². The van der Waals surface area contributed by atoms with Gasteiger partial charge in [-0.2, -0.15) is 0 Å². The Labute approximate surface area is 124 Å². The number of rotatable bonds is 4. The molecule has 0 saturated carbocycles. The minimum atomic E-state index is 0.613. The van der Waals surface area contributed by atoms with E-state index < -0.39 is 0 Å². The second-order valence-corrected chi connectivity index (χ2v) is 5.25. The summed E-state index contributed by atoms with van der Waals surface area (Å²) < 4.78 is 11.3. The Morgan fingerprint density at radius 2 is 2.19 bits per heavy atom. The molecule has 3 heterocycles. The van der Waals surface area contributed by atoms with E-state index in [1.165, 1.54) is 0 Å². The van der Waals surface area contributed by atoms with Crippen molar-refractivity contribution < 1.29 is 9.15 Å². The fourth-order valence-electron chi connectivity index (χ4n) is 2.57. The van der Waals surface area contributed by atoms with Crippen molar-refractivity contribution in [1.82, 2.24) is 19.9 Å². The summed E-state index contributed by atoms with van der Waals surface area (Å²) >= 11 is 0. The van der Waals surface area contributed by atoms with Gasteiger partial charge in [-0.25, -0.2) is 15.0 Å². The summed E-state index contributed by atoms with van der Waals surface area (Å²) in [5.41, 5.74) is 3.14. The normalized spacial score (nSPS) is 15.0. The van der Waals surface area contributed by atoms with E-state index in [-0.39, 0.29) is 0 Å². The zero-order valence-corrected chi connectivity index (χ0v) is 12.7. The third kappa shape index (κ3) is 2.90. The number of nitrogens with zero attached hydrogens (tertiary/aromatic N) is 4. The molecule has 0 bridgehead atoms. The first-order valence-electron chi connectivity index (χ1n) is 7.28. The second-order valence-electron chi connectivity index (χ2n) is 5.25. The standard InChI is InChI=1S/C15H20N4O2/c1-4-20-15-12-7-19(6-5-13(12)16-9-17-15)8-14-18-10(2)11(3)21-14/h9H,4-8H2,1-3H3. The molecule has 1 aliphatic rings. The van der Waals surface area contributed by atoms with Gasteiger partial charge in [0.2, 0.25) is 11.8 Å². The third-order valence-electron chi connectivity index (χ3n) is 3.75. The van der Waals surface area contributed by atoms with Crippen LogP contribution in [0.3, 0.4) is 0 Å². The fourth-order valence-corrected chi connectivity index (χ4v) is 2.57. The van der Waals surface area contributed by atoms with Crippen molar-refractivity contribution in [3.63, 3.8) is 0 Å². The quantitative estimate of drug-likeness (QED) is 0.858. The summed E-state index contributed by atoms with van der Waals surface area (Å²) in [5, 5.41) is 0. The van der Waals surface area contributed by atoms with Crippen LogP contribution < -0.4 is 4.74 Å². The van der Waals surface area contributed by atoms with Crippen LogP contribution in [0.5, 0.6) is 5.88 Å². The lowest BCUT2D eigenvalue weighted by atomic mass is 10.1. The molecule has 0 amide bonds. The molecule has 2 aromatic rings. The summed E-state index contributed by atoms with van der Waals surface area (Å²) in [6.07, 6.45) is 2.48. The number of hydrogen-bond donors (Lipinski definition) is 0. The first-order chi connectivity index (χ1) is 10.2. The number of hydrogen-bond acceptors (Lipinski definition) is 6. The average Bonchev–Trinajstić information content (AvgIpc) is 2.78. The van der Waals surface area contributed by atoms with E-state index >= 15 is 0 Å². The zero-order valence-electron chi connectivity index (χ0n) is 12.7. The maximum Gasteiger partial charge on any atom is 0.221 e. The first-order valence-corrected chi connectivity index (χ1v) is 7.28. The summed E-state index contributed by atoms with van der Waals surface area (Å²) in [6, 6.07) is 0. The molecule has 0 aliphatic carbocycles. The Kier molecular flexibility index (Phi) is 3.88. The van der Waals surface area contributed by atoms with Crippen molar-refractivity contribution in [3.05, 3.63) is 34.9 Å². The lowest BCUT2D eigenvalue weighted by molar-refractivity contribution is 0.210. The second kappa shape index (κ2) is 5.81. The van der Waals surface area contributed by atoms with Gasteiger partial charge in [-0.3, -0.25) is 4.90 Å². The molecule has 6 nitrogen and oxygen atoms in total. The van der Waals surface area contributed by atoms with Gasteiger partial charge in [0.15, 0.2) is 0 Å². The van der Waals surface area contributed by atoms with Gasteiger partial charge >= 0.3 is 0 Å². The molecule has 0 atom stereocenters. The maximum absolute atomic E-state index is 5.67. The van der Waals surface area contributed by atoms with E-state index in [9.17, 15) is 0 Å². The molecular formula is C15H20N4O2. The van der Waals surface area contributed by atoms with E-state index in [1.54, 1.807) is 6.33 Å². The molecule has 0 saturated heterocycles. The van der Waals surface area contributed by atoms with E-state index in [0.717, 1.165) is 48.1 Å². The van der Waals surface area contributed by atoms with Crippen LogP contribution in [0.1, 0.15) is 35.5 Å². The minimum absolute atomic E-state index is 0.613. The van der Waals surface area contributed by atoms with Gasteiger partial charge in [-0.05, 0) is 20.8 Å². The van der Waals surface area contributed by atoms with Crippen LogP contribution in [0.4, 0.5) is 0 Å². The van der Waals surface area contributed by atoms with Crippen LogP contribution in [0, 0.1) is 13.8 Å². The SMILES string of the molecule is CCOc1ncnc2c1CN(Cc1nc(C)c(C)o1)CC2. The van der Waals surface area contributed by atoms with Gasteiger partial charge in [-0.15, -0.1) is 0 Å². The predicted octanol–water partition coefficient (Wildman–Crippen LogP) is 2.04. The molecule has 0 fully saturated rings. The molecule has 1 aliphatic heterocycles. The topological polar surface area (TPSA) is 64.3 Å². The Hall–Kier alpha value is -1.95. The smallest absolute Gasteiger partial charge is 0.221 e. The molecule has 2 aromatic heterocycles. The summed E-state index contributed by atoms with van der Waals surface area (Å²) in [4.78, 5) is 15.3. The Morgan fingerprint density at radius 3 is 2.90 bits per heavy atom. The van der Waals surface area contributed by atoms with Crippen molar-refractivity contribution in [1.29, 1.82) is 0 Å². The fraction of sp³-hybridized carbons (Fsp3) is 0.533. The van der Waals surface area contributed by atoms with E-state index in [1.807, 2.05) is 20.8 Å². The van der Waals surface area contributed by atoms with Crippen LogP contribution in [-0.4, -0.2) is 33.0 Å². The summed E-state index contributed by atoms with van der Waals surface area (Å²) in [7, 11) is 0. The Balaban J connectivity index is 1.77. The monoisotopic (exact) mass is 288 g/mol. The lowest BCUT2D eigenvalue weighted by Gasteiger charge is -2.27. The molecule has 0 aromatic carbocycles. The van der Waals surface area contributed by atoms with Crippen LogP contribution in [0.25, 0.3) is 0 Å². The average molecular weight is 288 g/mol. The molecule has 112 valence electrons. The molecule has 0 unspecified atom stereocenters. The highest BCUT2D eigenvalue weighted by molar-refractivity contribution is 5.31. The van der Waals surface area contributed by atoms with Gasteiger partial charge in [0.25, 0.3) is 0 Å². The molecule has 6 heteroatoms. The van der Waals surface area contributed by atoms with Crippen molar-refractivity contribution in [2.24, 2.45) is 0 Å². The largest absolute Gasteiger partial charge is 0.478 e. The van der Waals surface area contributed by atoms with Gasteiger partial charge in [0.1, 0.15) is 12.1 Å². The van der Waals surface area contributed by atoms with E-state index in [4.69, 9.17) is 9.15 Å². The van der Waals surface area contributed by atoms with Crippen LogP contribution in [-0.2, 0) is 19.5 Å². The van der Waals surface area contributed by atoms with Crippen molar-refractivity contribution >= 4 is 0 Å². The minimum Gasteiger partial charge on any atom is -0.478 e. The number of ether oxygens (including phenoxy) is 1. The van der Waals surface area contributed by atoms with Crippen LogP contribution >= 0.6 is 0 Å². The Morgan fingerprint density at radius 1 is 1.33 bits per heavy atom. The highest BCUT2D eigenvalue weighted by Gasteiger charge is 2.23. The molecule has 0 spiro atoms. The van der Waals surface area contributed by atoms with Gasteiger partial charge in [0, 0.05) is 25.1 Å². The lowest BCUT2D eigenvalue weighted by Crippen LogP contribution is -2.31. The highest BCUT2D eigenvalue weighted by atomic mass is 16.5. The van der Waals surface area contributed by atoms with Gasteiger partial charge in [-0.1, -0.05) is 0 Å². The zero-order chi connectivity index (χ0) is 14.8. The highest BCUT2D eigenvalue weighted by Crippen LogP contribution is 2.25. The van der Waals surface area contributed by atoms with E-state index in [2.05, 4.69) is 19.9 Å². The Bertz CT molecular complexity index is 619. The first kappa shape index (κ1) is 14.0. The molecule has 21 heavy (non-hydrogen) atoms. The van der Waals surface area contributed by atoms with Crippen LogP contribution in [0.2, 0.25) is 0 Å². The number of fused-ring (bicyclic) bond motifs is 1. The van der Waals surface area contributed by atoms with Crippen molar-refractivity contribution in [3.8, 4) is 5.88 Å². The molecular weight excluding hydrogens is 268 g/mol. The number of aromatic nitrogens is 3. The van der Waals surface area contributed by atoms with E-state index in [0.29, 0.717) is 19.0 Å². The third-order valence-corrected chi connectivity index (χ3v) is 3.75. The maximum atomic E-state index is 5.67. The summed E-state index contributed by atoms with van der Waals surface area (Å²) in [5.74, 6) is 2.36. The summed E-state index contributed by atoms with van der Waals surface area (Å²) in [6.45, 7) is 8.90.